The minimum absolute atomic E-state index is 0.0819. The van der Waals surface area contributed by atoms with Gasteiger partial charge in [-0.3, -0.25) is 4.79 Å². The third-order valence-corrected chi connectivity index (χ3v) is 5.21. The lowest BCUT2D eigenvalue weighted by atomic mass is 10.2. The van der Waals surface area contributed by atoms with Gasteiger partial charge in [0.2, 0.25) is 0 Å². The monoisotopic (exact) mass is 443 g/mol. The van der Waals surface area contributed by atoms with Gasteiger partial charge in [0.15, 0.2) is 0 Å². The smallest absolute Gasteiger partial charge is 0.301 e. The Kier molecular flexibility index (Phi) is 4.09. The summed E-state index contributed by atoms with van der Waals surface area (Å²) in [6.45, 7) is 1.73. The molecule has 114 valence electrons. The third-order valence-electron chi connectivity index (χ3n) is 3.51. The van der Waals surface area contributed by atoms with Gasteiger partial charge >= 0.3 is 5.69 Å². The van der Waals surface area contributed by atoms with Crippen LogP contribution in [-0.4, -0.2) is 13.5 Å². The van der Waals surface area contributed by atoms with Crippen molar-refractivity contribution >= 4 is 53.5 Å². The molecule has 0 radical (unpaired) electrons. The number of aromatic nitrogens is 3. The van der Waals surface area contributed by atoms with Crippen LogP contribution in [0.15, 0.2) is 33.9 Å². The van der Waals surface area contributed by atoms with E-state index in [0.717, 1.165) is 15.8 Å². The average Bonchev–Trinajstić information content (AvgIpc) is 2.88. The molecule has 5 nitrogen and oxygen atoms in total. The third kappa shape index (κ3) is 2.49. The fraction of sp³-hybridized carbons (Fsp3) is 0.214. The second-order valence-corrected chi connectivity index (χ2v) is 8.72. The molecule has 0 unspecified atom stereocenters. The fourth-order valence-corrected chi connectivity index (χ4v) is 3.97. The van der Waals surface area contributed by atoms with Crippen molar-refractivity contribution in [2.24, 2.45) is 7.05 Å². The number of halogens is 2. The molecular weight excluding hydrogens is 434 g/mol. The van der Waals surface area contributed by atoms with Crippen molar-refractivity contribution in [3.8, 4) is 5.69 Å². The Bertz CT molecular complexity index is 988. The van der Waals surface area contributed by atoms with Crippen molar-refractivity contribution in [2.75, 3.05) is 0 Å². The van der Waals surface area contributed by atoms with Gasteiger partial charge in [0.25, 0.3) is 5.56 Å². The molecule has 8 heteroatoms. The summed E-state index contributed by atoms with van der Waals surface area (Å²) in [6.07, 6.45) is 0. The second-order valence-electron chi connectivity index (χ2n) is 4.85. The zero-order valence-corrected chi connectivity index (χ0v) is 15.7. The van der Waals surface area contributed by atoms with Crippen molar-refractivity contribution in [3.63, 3.8) is 0 Å². The Labute approximate surface area is 146 Å². The van der Waals surface area contributed by atoms with Crippen molar-refractivity contribution in [3.05, 3.63) is 56.5 Å². The topological polar surface area (TPSA) is 56.9 Å². The number of hydrogen-bond donors (Lipinski definition) is 0. The highest BCUT2D eigenvalue weighted by atomic mass is 79.9. The van der Waals surface area contributed by atoms with E-state index in [0.29, 0.717) is 11.4 Å². The van der Waals surface area contributed by atoms with Crippen LogP contribution in [-0.2, 0) is 7.05 Å². The Balaban J connectivity index is 2.32. The average molecular weight is 445 g/mol. The zero-order chi connectivity index (χ0) is 16.0. The largest absolute Gasteiger partial charge is 0.335 e. The van der Waals surface area contributed by atoms with Crippen molar-refractivity contribution in [1.29, 1.82) is 0 Å². The first-order chi connectivity index (χ1) is 10.4. The van der Waals surface area contributed by atoms with E-state index in [1.54, 1.807) is 20.0 Å². The lowest BCUT2D eigenvalue weighted by molar-refractivity contribution is 0.714. The van der Waals surface area contributed by atoms with Gasteiger partial charge in [0.1, 0.15) is 3.74 Å². The van der Waals surface area contributed by atoms with Gasteiger partial charge in [0.05, 0.1) is 16.1 Å². The summed E-state index contributed by atoms with van der Waals surface area (Å²) in [6, 6.07) is 6.91. The van der Waals surface area contributed by atoms with E-state index in [4.69, 9.17) is 0 Å². The molecule has 1 aromatic carbocycles. The van der Waals surface area contributed by atoms with Gasteiger partial charge in [0, 0.05) is 24.2 Å². The van der Waals surface area contributed by atoms with Gasteiger partial charge < -0.3 is 4.57 Å². The Morgan fingerprint density at radius 1 is 1.23 bits per heavy atom. The van der Waals surface area contributed by atoms with E-state index < -0.39 is 0 Å². The fourth-order valence-electron chi connectivity index (χ4n) is 2.21. The summed E-state index contributed by atoms with van der Waals surface area (Å²) in [5.41, 5.74) is 1.31. The molecule has 2 aromatic heterocycles. The van der Waals surface area contributed by atoms with Crippen LogP contribution >= 0.6 is 43.4 Å². The number of fused-ring (bicyclic) bond motifs is 1. The molecule has 0 aliphatic carbocycles. The molecule has 0 bridgehead atoms. The molecule has 0 N–H and O–H groups in total. The quantitative estimate of drug-likeness (QED) is 0.570. The SMILES string of the molecule is Cc1cc(=O)n(-c2ccc3snc(C(Br)Br)c3c2)c(=O)n1C. The van der Waals surface area contributed by atoms with Crippen LogP contribution < -0.4 is 11.2 Å². The van der Waals surface area contributed by atoms with E-state index in [1.807, 2.05) is 12.1 Å². The zero-order valence-electron chi connectivity index (χ0n) is 11.7. The summed E-state index contributed by atoms with van der Waals surface area (Å²) in [7, 11) is 1.65. The predicted octanol–water partition coefficient (Wildman–Crippen LogP) is 3.24. The minimum Gasteiger partial charge on any atom is -0.301 e. The maximum Gasteiger partial charge on any atom is 0.335 e. The summed E-state index contributed by atoms with van der Waals surface area (Å²) >= 11 is 8.26. The van der Waals surface area contributed by atoms with Crippen molar-refractivity contribution in [2.45, 2.75) is 10.7 Å². The van der Waals surface area contributed by atoms with Crippen LogP contribution in [0.5, 0.6) is 0 Å². The summed E-state index contributed by atoms with van der Waals surface area (Å²) < 4.78 is 7.93. The number of aryl methyl sites for hydroxylation is 1. The van der Waals surface area contributed by atoms with E-state index in [2.05, 4.69) is 36.2 Å². The molecule has 0 fully saturated rings. The first kappa shape index (κ1) is 15.6. The Morgan fingerprint density at radius 3 is 2.64 bits per heavy atom. The van der Waals surface area contributed by atoms with Gasteiger partial charge in [-0.25, -0.2) is 9.36 Å². The van der Waals surface area contributed by atoms with Gasteiger partial charge in [-0.1, -0.05) is 31.9 Å². The molecule has 0 atom stereocenters. The molecule has 0 saturated carbocycles. The molecule has 22 heavy (non-hydrogen) atoms. The second kappa shape index (κ2) is 5.75. The molecule has 0 aliphatic rings. The van der Waals surface area contributed by atoms with Gasteiger partial charge in [-0.05, 0) is 36.7 Å². The highest BCUT2D eigenvalue weighted by Crippen LogP contribution is 2.36. The summed E-state index contributed by atoms with van der Waals surface area (Å²) in [5.74, 6) is 0. The van der Waals surface area contributed by atoms with Crippen LogP contribution in [0.1, 0.15) is 15.1 Å². The van der Waals surface area contributed by atoms with Crippen molar-refractivity contribution < 1.29 is 0 Å². The highest BCUT2D eigenvalue weighted by molar-refractivity contribution is 9.24. The van der Waals surface area contributed by atoms with Crippen molar-refractivity contribution in [1.82, 2.24) is 13.5 Å². The van der Waals surface area contributed by atoms with Crippen LogP contribution in [0.25, 0.3) is 15.8 Å². The molecule has 0 saturated heterocycles. The number of benzene rings is 1. The lowest BCUT2D eigenvalue weighted by Crippen LogP contribution is -2.38. The minimum atomic E-state index is -0.358. The molecule has 0 amide bonds. The normalized spacial score (nSPS) is 11.5. The molecular formula is C14H11Br2N3O2S. The summed E-state index contributed by atoms with van der Waals surface area (Å²) in [4.78, 5) is 24.6. The predicted molar refractivity (Wildman–Crippen MR) is 95.8 cm³/mol. The maximum absolute atomic E-state index is 12.4. The van der Waals surface area contributed by atoms with E-state index in [-0.39, 0.29) is 15.0 Å². The van der Waals surface area contributed by atoms with Crippen LogP contribution in [0.2, 0.25) is 0 Å². The maximum atomic E-state index is 12.4. The lowest BCUT2D eigenvalue weighted by Gasteiger charge is -2.09. The molecule has 2 heterocycles. The van der Waals surface area contributed by atoms with E-state index in [9.17, 15) is 9.59 Å². The van der Waals surface area contributed by atoms with Crippen LogP contribution in [0.4, 0.5) is 0 Å². The first-order valence-corrected chi connectivity index (χ1v) is 8.98. The van der Waals surface area contributed by atoms with Crippen LogP contribution in [0.3, 0.4) is 0 Å². The molecule has 0 aliphatic heterocycles. The number of nitrogens with zero attached hydrogens (tertiary/aromatic N) is 3. The van der Waals surface area contributed by atoms with Gasteiger partial charge in [-0.2, -0.15) is 4.37 Å². The Hall–Kier alpha value is -1.25. The summed E-state index contributed by atoms with van der Waals surface area (Å²) in [5, 5.41) is 0.913. The molecule has 3 rings (SSSR count). The van der Waals surface area contributed by atoms with E-state index >= 15 is 0 Å². The number of alkyl halides is 2. The first-order valence-electron chi connectivity index (χ1n) is 6.37. The number of hydrogen-bond acceptors (Lipinski definition) is 4. The highest BCUT2D eigenvalue weighted by Gasteiger charge is 2.15. The standard InChI is InChI=1S/C14H11Br2N3O2S/c1-7-5-11(20)19(14(21)18(7)2)8-3-4-10-9(6-8)12(13(15)16)17-22-10/h3-6,13H,1-2H3. The molecule has 0 spiro atoms. The number of rotatable bonds is 2. The Morgan fingerprint density at radius 2 is 1.95 bits per heavy atom. The molecule has 3 aromatic rings. The van der Waals surface area contributed by atoms with E-state index in [1.165, 1.54) is 26.7 Å². The van der Waals surface area contributed by atoms with Crippen LogP contribution in [0, 0.1) is 6.92 Å². The van der Waals surface area contributed by atoms with Gasteiger partial charge in [-0.15, -0.1) is 0 Å².